The van der Waals surface area contributed by atoms with E-state index in [1.807, 2.05) is 0 Å². The van der Waals surface area contributed by atoms with Crippen LogP contribution in [-0.2, 0) is 6.54 Å². The molecule has 2 aromatic rings. The largest absolute Gasteiger partial charge is 0.348 e. The fraction of sp³-hybridized carbons (Fsp3) is 0.467. The van der Waals surface area contributed by atoms with Gasteiger partial charge in [0.25, 0.3) is 5.91 Å². The topological polar surface area (TPSA) is 84.2 Å². The van der Waals surface area contributed by atoms with Crippen molar-refractivity contribution < 1.29 is 9.32 Å². The van der Waals surface area contributed by atoms with E-state index in [1.54, 1.807) is 31.5 Å². The third-order valence-electron chi connectivity index (χ3n) is 3.72. The van der Waals surface area contributed by atoms with E-state index in [0.29, 0.717) is 23.8 Å². The summed E-state index contributed by atoms with van der Waals surface area (Å²) < 4.78 is 4.99. The van der Waals surface area contributed by atoms with E-state index in [4.69, 9.17) is 4.52 Å². The highest BCUT2D eigenvalue weighted by molar-refractivity contribution is 5.94. The number of hydrogen-bond acceptors (Lipinski definition) is 6. The molecule has 1 aliphatic heterocycles. The third kappa shape index (κ3) is 3.67. The standard InChI is InChI=1S/C15H19N5O2/c1-11-17-14(19-22-11)10-20-8-2-3-13(9-20)18-15(21)12-4-6-16-7-5-12/h4-7,13H,2-3,8-10H2,1H3,(H,18,21). The van der Waals surface area contributed by atoms with E-state index < -0.39 is 0 Å². The molecule has 7 heteroatoms. The maximum absolute atomic E-state index is 12.2. The lowest BCUT2D eigenvalue weighted by atomic mass is 10.1. The lowest BCUT2D eigenvalue weighted by Crippen LogP contribution is -2.47. The minimum Gasteiger partial charge on any atom is -0.348 e. The fourth-order valence-corrected chi connectivity index (χ4v) is 2.69. The van der Waals surface area contributed by atoms with Crippen molar-refractivity contribution in [2.24, 2.45) is 0 Å². The van der Waals surface area contributed by atoms with Crippen molar-refractivity contribution in [3.05, 3.63) is 41.8 Å². The molecule has 0 radical (unpaired) electrons. The van der Waals surface area contributed by atoms with Crippen LogP contribution in [0.5, 0.6) is 0 Å². The molecule has 3 heterocycles. The van der Waals surface area contributed by atoms with Crippen LogP contribution in [0.25, 0.3) is 0 Å². The van der Waals surface area contributed by atoms with Gasteiger partial charge >= 0.3 is 0 Å². The summed E-state index contributed by atoms with van der Waals surface area (Å²) >= 11 is 0. The van der Waals surface area contributed by atoms with E-state index >= 15 is 0 Å². The Kier molecular flexibility index (Phi) is 4.43. The van der Waals surface area contributed by atoms with Crippen LogP contribution in [0, 0.1) is 6.92 Å². The SMILES string of the molecule is Cc1nc(CN2CCCC(NC(=O)c3ccncc3)C2)no1. The van der Waals surface area contributed by atoms with Gasteiger partial charge in [0.05, 0.1) is 6.54 Å². The van der Waals surface area contributed by atoms with Crippen LogP contribution in [0.3, 0.4) is 0 Å². The second-order valence-corrected chi connectivity index (χ2v) is 5.51. The van der Waals surface area contributed by atoms with Gasteiger partial charge in [-0.05, 0) is 31.5 Å². The number of aryl methyl sites for hydroxylation is 1. The number of rotatable bonds is 4. The minimum atomic E-state index is -0.0512. The number of carbonyl (C=O) groups is 1. The van der Waals surface area contributed by atoms with Crippen molar-refractivity contribution in [2.75, 3.05) is 13.1 Å². The number of hydrogen-bond donors (Lipinski definition) is 1. The molecule has 22 heavy (non-hydrogen) atoms. The van der Waals surface area contributed by atoms with Crippen LogP contribution in [0.2, 0.25) is 0 Å². The van der Waals surface area contributed by atoms with Gasteiger partial charge < -0.3 is 9.84 Å². The molecule has 1 atom stereocenters. The Labute approximate surface area is 128 Å². The number of carbonyl (C=O) groups excluding carboxylic acids is 1. The average Bonchev–Trinajstić information content (AvgIpc) is 2.93. The lowest BCUT2D eigenvalue weighted by molar-refractivity contribution is 0.0899. The van der Waals surface area contributed by atoms with Crippen molar-refractivity contribution >= 4 is 5.91 Å². The molecule has 0 spiro atoms. The highest BCUT2D eigenvalue weighted by Crippen LogP contribution is 2.13. The first-order valence-electron chi connectivity index (χ1n) is 7.43. The Morgan fingerprint density at radius 3 is 3.00 bits per heavy atom. The molecule has 0 aromatic carbocycles. The first-order chi connectivity index (χ1) is 10.7. The van der Waals surface area contributed by atoms with Crippen molar-refractivity contribution in [3.63, 3.8) is 0 Å². The molecular formula is C15H19N5O2. The smallest absolute Gasteiger partial charge is 0.251 e. The number of amides is 1. The van der Waals surface area contributed by atoms with Gasteiger partial charge in [0.15, 0.2) is 5.82 Å². The van der Waals surface area contributed by atoms with Gasteiger partial charge in [-0.15, -0.1) is 0 Å². The fourth-order valence-electron chi connectivity index (χ4n) is 2.69. The van der Waals surface area contributed by atoms with E-state index in [-0.39, 0.29) is 11.9 Å². The van der Waals surface area contributed by atoms with E-state index in [1.165, 1.54) is 0 Å². The highest BCUT2D eigenvalue weighted by atomic mass is 16.5. The highest BCUT2D eigenvalue weighted by Gasteiger charge is 2.23. The summed E-state index contributed by atoms with van der Waals surface area (Å²) in [5.74, 6) is 1.22. The minimum absolute atomic E-state index is 0.0512. The van der Waals surface area contributed by atoms with Crippen molar-refractivity contribution in [1.82, 2.24) is 25.3 Å². The first kappa shape index (κ1) is 14.6. The molecular weight excluding hydrogens is 282 g/mol. The Bertz CT molecular complexity index is 628. The van der Waals surface area contributed by atoms with Crippen LogP contribution >= 0.6 is 0 Å². The monoisotopic (exact) mass is 301 g/mol. The molecule has 3 rings (SSSR count). The number of pyridine rings is 1. The van der Waals surface area contributed by atoms with Crippen LogP contribution < -0.4 is 5.32 Å². The molecule has 0 aliphatic carbocycles. The summed E-state index contributed by atoms with van der Waals surface area (Å²) in [6.45, 7) is 4.21. The normalized spacial score (nSPS) is 19.0. The van der Waals surface area contributed by atoms with Crippen molar-refractivity contribution in [2.45, 2.75) is 32.4 Å². The third-order valence-corrected chi connectivity index (χ3v) is 3.72. The lowest BCUT2D eigenvalue weighted by Gasteiger charge is -2.32. The molecule has 1 amide bonds. The Balaban J connectivity index is 1.55. The molecule has 7 nitrogen and oxygen atoms in total. The second-order valence-electron chi connectivity index (χ2n) is 5.51. The molecule has 1 unspecified atom stereocenters. The van der Waals surface area contributed by atoms with Crippen molar-refractivity contribution in [1.29, 1.82) is 0 Å². The average molecular weight is 301 g/mol. The van der Waals surface area contributed by atoms with Gasteiger partial charge in [-0.1, -0.05) is 5.16 Å². The van der Waals surface area contributed by atoms with Crippen LogP contribution in [0.15, 0.2) is 29.0 Å². The molecule has 0 saturated carbocycles. The quantitative estimate of drug-likeness (QED) is 0.912. The number of likely N-dealkylation sites (tertiary alicyclic amines) is 1. The predicted molar refractivity (Wildman–Crippen MR) is 79.0 cm³/mol. The molecule has 1 fully saturated rings. The molecule has 0 bridgehead atoms. The van der Waals surface area contributed by atoms with Crippen LogP contribution in [0.4, 0.5) is 0 Å². The summed E-state index contributed by atoms with van der Waals surface area (Å²) in [6, 6.07) is 3.58. The number of piperidine rings is 1. The first-order valence-corrected chi connectivity index (χ1v) is 7.43. The molecule has 1 N–H and O–H groups in total. The van der Waals surface area contributed by atoms with Crippen molar-refractivity contribution in [3.8, 4) is 0 Å². The van der Waals surface area contributed by atoms with Crippen LogP contribution in [-0.4, -0.2) is 45.1 Å². The van der Waals surface area contributed by atoms with Crippen LogP contribution in [0.1, 0.15) is 34.9 Å². The second kappa shape index (κ2) is 6.65. The summed E-state index contributed by atoms with van der Waals surface area (Å²) in [5, 5.41) is 7.00. The summed E-state index contributed by atoms with van der Waals surface area (Å²) in [4.78, 5) is 22.6. The van der Waals surface area contributed by atoms with Gasteiger partial charge in [0.2, 0.25) is 5.89 Å². The maximum Gasteiger partial charge on any atom is 0.251 e. The van der Waals surface area contributed by atoms with E-state index in [2.05, 4.69) is 25.3 Å². The molecule has 116 valence electrons. The maximum atomic E-state index is 12.2. The van der Waals surface area contributed by atoms with E-state index in [0.717, 1.165) is 25.9 Å². The summed E-state index contributed by atoms with van der Waals surface area (Å²) in [7, 11) is 0. The zero-order valence-electron chi connectivity index (χ0n) is 12.5. The van der Waals surface area contributed by atoms with Gasteiger partial charge in [-0.3, -0.25) is 14.7 Å². The zero-order chi connectivity index (χ0) is 15.4. The summed E-state index contributed by atoms with van der Waals surface area (Å²) in [5.41, 5.74) is 0.640. The molecule has 1 saturated heterocycles. The molecule has 1 aliphatic rings. The Morgan fingerprint density at radius 1 is 1.45 bits per heavy atom. The summed E-state index contributed by atoms with van der Waals surface area (Å²) in [6.07, 6.45) is 5.28. The van der Waals surface area contributed by atoms with Gasteiger partial charge in [0, 0.05) is 37.5 Å². The van der Waals surface area contributed by atoms with E-state index in [9.17, 15) is 4.79 Å². The zero-order valence-corrected chi connectivity index (χ0v) is 12.5. The number of nitrogens with zero attached hydrogens (tertiary/aromatic N) is 4. The van der Waals surface area contributed by atoms with Gasteiger partial charge in [-0.25, -0.2) is 0 Å². The van der Waals surface area contributed by atoms with Gasteiger partial charge in [0.1, 0.15) is 0 Å². The number of aromatic nitrogens is 3. The molecule has 2 aromatic heterocycles. The van der Waals surface area contributed by atoms with Gasteiger partial charge in [-0.2, -0.15) is 4.98 Å². The Morgan fingerprint density at radius 2 is 2.27 bits per heavy atom. The predicted octanol–water partition coefficient (Wildman–Crippen LogP) is 1.17. The Hall–Kier alpha value is -2.28. The number of nitrogens with one attached hydrogen (secondary N) is 1.